The summed E-state index contributed by atoms with van der Waals surface area (Å²) in [7, 11) is 0. The van der Waals surface area contributed by atoms with E-state index in [2.05, 4.69) is 5.32 Å². The van der Waals surface area contributed by atoms with Gasteiger partial charge in [-0.2, -0.15) is 13.2 Å². The molecule has 2 rings (SSSR count). The molecule has 1 N–H and O–H groups in total. The summed E-state index contributed by atoms with van der Waals surface area (Å²) in [6.45, 7) is 2.04. The summed E-state index contributed by atoms with van der Waals surface area (Å²) in [5, 5.41) is 2.46. The first kappa shape index (κ1) is 16.7. The van der Waals surface area contributed by atoms with Gasteiger partial charge in [0.05, 0.1) is 11.6 Å². The SMILES string of the molecule is CC(NC(=O)CN1CCSC1=O)c1cccc(C(F)(F)F)c1. The highest BCUT2D eigenvalue weighted by Crippen LogP contribution is 2.30. The van der Waals surface area contributed by atoms with Gasteiger partial charge in [-0.1, -0.05) is 23.9 Å². The normalized spacial score (nSPS) is 16.7. The Morgan fingerprint density at radius 2 is 2.18 bits per heavy atom. The van der Waals surface area contributed by atoms with Crippen molar-refractivity contribution in [1.29, 1.82) is 0 Å². The lowest BCUT2D eigenvalue weighted by Crippen LogP contribution is -2.38. The zero-order valence-corrected chi connectivity index (χ0v) is 12.6. The standard InChI is InChI=1S/C14H15F3N2O2S/c1-9(10-3-2-4-11(7-10)14(15,16)17)18-12(20)8-19-5-6-22-13(19)21/h2-4,7,9H,5-6,8H2,1H3,(H,18,20). The number of hydrogen-bond acceptors (Lipinski definition) is 3. The van der Waals surface area contributed by atoms with Crippen LogP contribution in [0.1, 0.15) is 24.1 Å². The van der Waals surface area contributed by atoms with Gasteiger partial charge in [0.25, 0.3) is 5.24 Å². The van der Waals surface area contributed by atoms with Gasteiger partial charge >= 0.3 is 6.18 Å². The van der Waals surface area contributed by atoms with Crippen LogP contribution in [0.5, 0.6) is 0 Å². The average molecular weight is 332 g/mol. The van der Waals surface area contributed by atoms with Crippen molar-refractivity contribution in [1.82, 2.24) is 10.2 Å². The molecule has 1 aliphatic heterocycles. The van der Waals surface area contributed by atoms with Crippen LogP contribution in [-0.4, -0.2) is 34.9 Å². The first-order valence-corrected chi connectivity index (χ1v) is 7.64. The molecular weight excluding hydrogens is 317 g/mol. The largest absolute Gasteiger partial charge is 0.416 e. The predicted molar refractivity (Wildman–Crippen MR) is 77.4 cm³/mol. The van der Waals surface area contributed by atoms with E-state index in [0.717, 1.165) is 23.9 Å². The minimum Gasteiger partial charge on any atom is -0.348 e. The molecule has 22 heavy (non-hydrogen) atoms. The van der Waals surface area contributed by atoms with Gasteiger partial charge in [0, 0.05) is 12.3 Å². The van der Waals surface area contributed by atoms with E-state index in [1.807, 2.05) is 0 Å². The summed E-state index contributed by atoms with van der Waals surface area (Å²) < 4.78 is 38.0. The molecule has 1 aromatic rings. The number of carbonyl (C=O) groups is 2. The van der Waals surface area contributed by atoms with Crippen LogP contribution in [0.15, 0.2) is 24.3 Å². The summed E-state index contributed by atoms with van der Waals surface area (Å²) in [5.74, 6) is 0.260. The zero-order chi connectivity index (χ0) is 16.3. The smallest absolute Gasteiger partial charge is 0.348 e. The number of thioether (sulfide) groups is 1. The predicted octanol–water partition coefficient (Wildman–Crippen LogP) is 3.05. The Morgan fingerprint density at radius 3 is 2.77 bits per heavy atom. The maximum atomic E-state index is 12.7. The number of benzene rings is 1. The second kappa shape index (κ2) is 6.60. The van der Waals surface area contributed by atoms with Crippen molar-refractivity contribution in [2.24, 2.45) is 0 Å². The van der Waals surface area contributed by atoms with Crippen LogP contribution in [0.2, 0.25) is 0 Å². The van der Waals surface area contributed by atoms with Crippen LogP contribution in [0.25, 0.3) is 0 Å². The van der Waals surface area contributed by atoms with Crippen LogP contribution in [0, 0.1) is 0 Å². The lowest BCUT2D eigenvalue weighted by atomic mass is 10.0. The molecule has 0 saturated carbocycles. The Labute approximate surface area is 130 Å². The molecule has 0 radical (unpaired) electrons. The van der Waals surface area contributed by atoms with E-state index in [9.17, 15) is 22.8 Å². The summed E-state index contributed by atoms with van der Waals surface area (Å²) in [6, 6.07) is 4.26. The monoisotopic (exact) mass is 332 g/mol. The van der Waals surface area contributed by atoms with E-state index in [0.29, 0.717) is 17.9 Å². The van der Waals surface area contributed by atoms with Gasteiger partial charge in [-0.25, -0.2) is 0 Å². The number of nitrogens with zero attached hydrogens (tertiary/aromatic N) is 1. The second-order valence-corrected chi connectivity index (χ2v) is 5.99. The van der Waals surface area contributed by atoms with Crippen molar-refractivity contribution in [2.75, 3.05) is 18.8 Å². The van der Waals surface area contributed by atoms with E-state index < -0.39 is 17.8 Å². The second-order valence-electron chi connectivity index (χ2n) is 4.95. The molecule has 0 spiro atoms. The van der Waals surface area contributed by atoms with Gasteiger partial charge in [-0.15, -0.1) is 0 Å². The average Bonchev–Trinajstić information content (AvgIpc) is 2.83. The number of rotatable bonds is 4. The number of hydrogen-bond donors (Lipinski definition) is 1. The molecular formula is C14H15F3N2O2S. The minimum absolute atomic E-state index is 0.0743. The molecule has 0 bridgehead atoms. The minimum atomic E-state index is -4.42. The van der Waals surface area contributed by atoms with Gasteiger partial charge in [-0.3, -0.25) is 9.59 Å². The van der Waals surface area contributed by atoms with Crippen molar-refractivity contribution < 1.29 is 22.8 Å². The maximum absolute atomic E-state index is 12.7. The number of carbonyl (C=O) groups excluding carboxylic acids is 2. The Bertz CT molecular complexity index is 577. The first-order chi connectivity index (χ1) is 10.3. The van der Waals surface area contributed by atoms with Crippen molar-refractivity contribution in [2.45, 2.75) is 19.1 Å². The zero-order valence-electron chi connectivity index (χ0n) is 11.8. The van der Waals surface area contributed by atoms with E-state index >= 15 is 0 Å². The number of nitrogens with one attached hydrogen (secondary N) is 1. The number of amides is 2. The quantitative estimate of drug-likeness (QED) is 0.922. The Kier molecular flexibility index (Phi) is 5.00. The highest BCUT2D eigenvalue weighted by molar-refractivity contribution is 8.13. The maximum Gasteiger partial charge on any atom is 0.416 e. The molecule has 0 aliphatic carbocycles. The molecule has 2 amide bonds. The van der Waals surface area contributed by atoms with Gasteiger partial charge < -0.3 is 10.2 Å². The summed E-state index contributed by atoms with van der Waals surface area (Å²) in [6.07, 6.45) is -4.42. The molecule has 4 nitrogen and oxygen atoms in total. The summed E-state index contributed by atoms with van der Waals surface area (Å²) in [4.78, 5) is 24.7. The van der Waals surface area contributed by atoms with Crippen LogP contribution < -0.4 is 5.32 Å². The molecule has 8 heteroatoms. The Balaban J connectivity index is 1.98. The molecule has 0 aromatic heterocycles. The van der Waals surface area contributed by atoms with Crippen LogP contribution >= 0.6 is 11.8 Å². The van der Waals surface area contributed by atoms with Crippen LogP contribution in [-0.2, 0) is 11.0 Å². The van der Waals surface area contributed by atoms with Gasteiger partial charge in [-0.05, 0) is 24.6 Å². The molecule has 1 atom stereocenters. The molecule has 1 unspecified atom stereocenters. The fourth-order valence-corrected chi connectivity index (χ4v) is 2.92. The van der Waals surface area contributed by atoms with Crippen molar-refractivity contribution in [3.63, 3.8) is 0 Å². The molecule has 1 heterocycles. The van der Waals surface area contributed by atoms with E-state index in [1.165, 1.54) is 17.0 Å². The summed E-state index contributed by atoms with van der Waals surface area (Å²) >= 11 is 1.15. The Morgan fingerprint density at radius 1 is 1.45 bits per heavy atom. The third-order valence-electron chi connectivity index (χ3n) is 3.27. The molecule has 1 saturated heterocycles. The van der Waals surface area contributed by atoms with Gasteiger partial charge in [0.1, 0.15) is 6.54 Å². The lowest BCUT2D eigenvalue weighted by Gasteiger charge is -2.19. The Hall–Kier alpha value is -1.70. The molecule has 120 valence electrons. The van der Waals surface area contributed by atoms with Crippen LogP contribution in [0.4, 0.5) is 18.0 Å². The van der Waals surface area contributed by atoms with E-state index in [1.54, 1.807) is 6.92 Å². The number of alkyl halides is 3. The third-order valence-corrected chi connectivity index (χ3v) is 4.16. The van der Waals surface area contributed by atoms with Gasteiger partial charge in [0.15, 0.2) is 0 Å². The van der Waals surface area contributed by atoms with Gasteiger partial charge in [0.2, 0.25) is 5.91 Å². The molecule has 1 fully saturated rings. The fourth-order valence-electron chi connectivity index (χ4n) is 2.10. The molecule has 1 aromatic carbocycles. The fraction of sp³-hybridized carbons (Fsp3) is 0.429. The highest BCUT2D eigenvalue weighted by atomic mass is 32.2. The topological polar surface area (TPSA) is 49.4 Å². The van der Waals surface area contributed by atoms with Crippen molar-refractivity contribution in [3.8, 4) is 0 Å². The third kappa shape index (κ3) is 4.16. The lowest BCUT2D eigenvalue weighted by molar-refractivity contribution is -0.137. The summed E-state index contributed by atoms with van der Waals surface area (Å²) in [5.41, 5.74) is -0.387. The van der Waals surface area contributed by atoms with Crippen molar-refractivity contribution >= 4 is 22.9 Å². The van der Waals surface area contributed by atoms with E-state index in [-0.39, 0.29) is 17.7 Å². The number of halogens is 3. The van der Waals surface area contributed by atoms with E-state index in [4.69, 9.17) is 0 Å². The highest BCUT2D eigenvalue weighted by Gasteiger charge is 2.31. The molecule has 1 aliphatic rings. The van der Waals surface area contributed by atoms with Crippen molar-refractivity contribution in [3.05, 3.63) is 35.4 Å². The van der Waals surface area contributed by atoms with Crippen LogP contribution in [0.3, 0.4) is 0 Å². The first-order valence-electron chi connectivity index (χ1n) is 6.65.